The fourth-order valence-electron chi connectivity index (χ4n) is 1.55. The maximum Gasteiger partial charge on any atom is 0.0784 e. The number of aliphatic hydroxyl groups excluding tert-OH is 1. The molecule has 5 nitrogen and oxygen atoms in total. The molecule has 0 bridgehead atoms. The molecular weight excluding hydrogens is 260 g/mol. The monoisotopic (exact) mass is 292 g/mol. The van der Waals surface area contributed by atoms with Gasteiger partial charge < -0.3 is 24.1 Å². The van der Waals surface area contributed by atoms with Crippen LogP contribution in [0.3, 0.4) is 0 Å². The summed E-state index contributed by atoms with van der Waals surface area (Å²) in [6, 6.07) is 0. The summed E-state index contributed by atoms with van der Waals surface area (Å²) in [4.78, 5) is 0. The van der Waals surface area contributed by atoms with Crippen LogP contribution in [0.5, 0.6) is 0 Å². The molecule has 122 valence electrons. The normalized spacial score (nSPS) is 18.0. The van der Waals surface area contributed by atoms with E-state index in [2.05, 4.69) is 0 Å². The highest BCUT2D eigenvalue weighted by molar-refractivity contribution is 4.56. The van der Waals surface area contributed by atoms with Gasteiger partial charge in [0.05, 0.1) is 56.9 Å². The molecule has 0 heterocycles. The lowest BCUT2D eigenvalue weighted by molar-refractivity contribution is -0.0948. The molecule has 0 saturated heterocycles. The van der Waals surface area contributed by atoms with Crippen LogP contribution in [0.25, 0.3) is 0 Å². The molecule has 0 aromatic rings. The van der Waals surface area contributed by atoms with Crippen molar-refractivity contribution >= 4 is 0 Å². The number of rotatable bonds is 12. The summed E-state index contributed by atoms with van der Waals surface area (Å²) < 4.78 is 22.3. The van der Waals surface area contributed by atoms with E-state index in [9.17, 15) is 0 Å². The van der Waals surface area contributed by atoms with E-state index in [0.717, 1.165) is 0 Å². The third-order valence-corrected chi connectivity index (χ3v) is 2.61. The topological polar surface area (TPSA) is 57.2 Å². The van der Waals surface area contributed by atoms with E-state index in [1.165, 1.54) is 0 Å². The van der Waals surface area contributed by atoms with E-state index in [1.54, 1.807) is 0 Å². The molecule has 1 N–H and O–H groups in total. The van der Waals surface area contributed by atoms with Gasteiger partial charge in [0.25, 0.3) is 0 Å². The van der Waals surface area contributed by atoms with Gasteiger partial charge in [-0.1, -0.05) is 0 Å². The minimum atomic E-state index is -0.149. The molecular formula is C15H32O5. The maximum absolute atomic E-state index is 8.85. The van der Waals surface area contributed by atoms with E-state index >= 15 is 0 Å². The first kappa shape index (κ1) is 19.8. The highest BCUT2D eigenvalue weighted by atomic mass is 16.6. The lowest BCUT2D eigenvalue weighted by Gasteiger charge is -2.21. The summed E-state index contributed by atoms with van der Waals surface area (Å²) in [6.07, 6.45) is 0.156. The molecule has 0 aliphatic carbocycles. The first-order valence-electron chi connectivity index (χ1n) is 7.46. The Balaban J connectivity index is 3.63. The first-order valence-corrected chi connectivity index (χ1v) is 7.46. The summed E-state index contributed by atoms with van der Waals surface area (Å²) in [7, 11) is 0. The van der Waals surface area contributed by atoms with Gasteiger partial charge in [-0.2, -0.15) is 0 Å². The van der Waals surface area contributed by atoms with E-state index in [-0.39, 0.29) is 37.1 Å². The molecule has 4 atom stereocenters. The highest BCUT2D eigenvalue weighted by Gasteiger charge is 2.11. The van der Waals surface area contributed by atoms with Gasteiger partial charge in [-0.15, -0.1) is 0 Å². The fourth-order valence-corrected chi connectivity index (χ4v) is 1.55. The minimum Gasteiger partial charge on any atom is -0.394 e. The molecule has 0 amide bonds. The quantitative estimate of drug-likeness (QED) is 0.596. The highest BCUT2D eigenvalue weighted by Crippen LogP contribution is 2.03. The van der Waals surface area contributed by atoms with E-state index in [0.29, 0.717) is 19.8 Å². The number of hydrogen-bond acceptors (Lipinski definition) is 5. The van der Waals surface area contributed by atoms with Crippen LogP contribution < -0.4 is 0 Å². The molecule has 5 heteroatoms. The van der Waals surface area contributed by atoms with Gasteiger partial charge in [-0.05, 0) is 41.5 Å². The summed E-state index contributed by atoms with van der Waals surface area (Å²) in [5.74, 6) is 0. The van der Waals surface area contributed by atoms with Crippen molar-refractivity contribution in [3.8, 4) is 0 Å². The molecule has 0 rings (SSSR count). The predicted molar refractivity (Wildman–Crippen MR) is 79.0 cm³/mol. The molecule has 0 radical (unpaired) electrons. The summed E-state index contributed by atoms with van der Waals surface area (Å²) >= 11 is 0. The second-order valence-corrected chi connectivity index (χ2v) is 5.61. The molecule has 20 heavy (non-hydrogen) atoms. The lowest BCUT2D eigenvalue weighted by atomic mass is 10.3. The Morgan fingerprint density at radius 2 is 1.05 bits per heavy atom. The molecule has 0 saturated carbocycles. The minimum absolute atomic E-state index is 0.0145. The predicted octanol–water partition coefficient (Wildman–Crippen LogP) is 2.01. The SMILES string of the molecule is CC(C)OC(C)COC(C)COC(C)COC(C)CO. The standard InChI is InChI=1S/C15H32O5/c1-11(2)20-15(6)10-19-14(5)9-18-13(4)8-17-12(3)7-16/h11-16H,7-10H2,1-6H3. The molecule has 0 aromatic heterocycles. The average molecular weight is 292 g/mol. The van der Waals surface area contributed by atoms with Gasteiger partial charge in [0.15, 0.2) is 0 Å². The van der Waals surface area contributed by atoms with Gasteiger partial charge in [0.2, 0.25) is 0 Å². The number of ether oxygens (including phenoxy) is 4. The molecule has 4 unspecified atom stereocenters. The number of hydrogen-bond donors (Lipinski definition) is 1. The van der Waals surface area contributed by atoms with Crippen LogP contribution in [-0.2, 0) is 18.9 Å². The lowest BCUT2D eigenvalue weighted by Crippen LogP contribution is -2.28. The summed E-state index contributed by atoms with van der Waals surface area (Å²) in [5.41, 5.74) is 0. The van der Waals surface area contributed by atoms with Crippen molar-refractivity contribution in [1.82, 2.24) is 0 Å². The maximum atomic E-state index is 8.85. The molecule has 0 aliphatic heterocycles. The van der Waals surface area contributed by atoms with E-state index in [4.69, 9.17) is 24.1 Å². The first-order chi connectivity index (χ1) is 9.35. The van der Waals surface area contributed by atoms with Gasteiger partial charge in [0, 0.05) is 0 Å². The summed E-state index contributed by atoms with van der Waals surface area (Å²) in [5, 5.41) is 8.85. The van der Waals surface area contributed by atoms with Crippen LogP contribution in [0.15, 0.2) is 0 Å². The van der Waals surface area contributed by atoms with Crippen molar-refractivity contribution in [3.05, 3.63) is 0 Å². The molecule has 0 spiro atoms. The zero-order valence-electron chi connectivity index (χ0n) is 13.8. The smallest absolute Gasteiger partial charge is 0.0784 e. The van der Waals surface area contributed by atoms with Crippen LogP contribution in [0.4, 0.5) is 0 Å². The van der Waals surface area contributed by atoms with E-state index < -0.39 is 0 Å². The number of aliphatic hydroxyl groups is 1. The van der Waals surface area contributed by atoms with Crippen LogP contribution in [0, 0.1) is 0 Å². The van der Waals surface area contributed by atoms with Crippen LogP contribution in [0.1, 0.15) is 41.5 Å². The largest absolute Gasteiger partial charge is 0.394 e. The molecule has 0 fully saturated rings. The van der Waals surface area contributed by atoms with Gasteiger partial charge in [-0.25, -0.2) is 0 Å². The Labute approximate surface area is 123 Å². The van der Waals surface area contributed by atoms with E-state index in [1.807, 2.05) is 41.5 Å². The molecule has 0 aliphatic rings. The second-order valence-electron chi connectivity index (χ2n) is 5.61. The van der Waals surface area contributed by atoms with Crippen molar-refractivity contribution < 1.29 is 24.1 Å². The Hall–Kier alpha value is -0.200. The fraction of sp³-hybridized carbons (Fsp3) is 1.00. The molecule has 0 aromatic carbocycles. The zero-order valence-corrected chi connectivity index (χ0v) is 13.8. The van der Waals surface area contributed by atoms with Gasteiger partial charge in [-0.3, -0.25) is 0 Å². The zero-order chi connectivity index (χ0) is 15.5. The Bertz CT molecular complexity index is 222. The van der Waals surface area contributed by atoms with Crippen molar-refractivity contribution in [2.75, 3.05) is 26.4 Å². The average Bonchev–Trinajstić information content (AvgIpc) is 2.39. The van der Waals surface area contributed by atoms with Gasteiger partial charge >= 0.3 is 0 Å². The van der Waals surface area contributed by atoms with Crippen LogP contribution >= 0.6 is 0 Å². The van der Waals surface area contributed by atoms with Gasteiger partial charge in [0.1, 0.15) is 0 Å². The van der Waals surface area contributed by atoms with Crippen LogP contribution in [-0.4, -0.2) is 62.1 Å². The Morgan fingerprint density at radius 1 is 0.650 bits per heavy atom. The third kappa shape index (κ3) is 11.6. The second kappa shape index (κ2) is 11.5. The Kier molecular flexibility index (Phi) is 11.3. The van der Waals surface area contributed by atoms with Crippen LogP contribution in [0.2, 0.25) is 0 Å². The van der Waals surface area contributed by atoms with Crippen molar-refractivity contribution in [1.29, 1.82) is 0 Å². The van der Waals surface area contributed by atoms with Crippen molar-refractivity contribution in [2.45, 2.75) is 72.1 Å². The van der Waals surface area contributed by atoms with Crippen molar-refractivity contribution in [2.24, 2.45) is 0 Å². The summed E-state index contributed by atoms with van der Waals surface area (Å²) in [6.45, 7) is 13.4. The third-order valence-electron chi connectivity index (χ3n) is 2.61. The van der Waals surface area contributed by atoms with Crippen molar-refractivity contribution in [3.63, 3.8) is 0 Å². The Morgan fingerprint density at radius 3 is 1.45 bits per heavy atom.